The number of halogens is 1. The lowest BCUT2D eigenvalue weighted by Gasteiger charge is -2.16. The molecule has 0 heterocycles. The number of rotatable bonds is 4. The van der Waals surface area contributed by atoms with Gasteiger partial charge in [0, 0.05) is 29.9 Å². The number of hydrogen-bond donors (Lipinski definition) is 0. The summed E-state index contributed by atoms with van der Waals surface area (Å²) in [6, 6.07) is 14.7. The van der Waals surface area contributed by atoms with Crippen LogP contribution in [0.1, 0.15) is 5.56 Å². The van der Waals surface area contributed by atoms with Gasteiger partial charge in [0.1, 0.15) is 5.75 Å². The van der Waals surface area contributed by atoms with Crippen LogP contribution in [0.5, 0.6) is 5.75 Å². The number of carbonyl (C=O) groups is 1. The summed E-state index contributed by atoms with van der Waals surface area (Å²) >= 11 is 5.82. The van der Waals surface area contributed by atoms with E-state index in [0.29, 0.717) is 10.8 Å². The number of amides is 1. The van der Waals surface area contributed by atoms with E-state index in [4.69, 9.17) is 16.3 Å². The van der Waals surface area contributed by atoms with E-state index in [-0.39, 0.29) is 5.91 Å². The number of anilines is 1. The molecule has 2 rings (SSSR count). The minimum Gasteiger partial charge on any atom is -0.497 e. The molecule has 2 aromatic rings. The normalized spacial score (nSPS) is 10.6. The van der Waals surface area contributed by atoms with Crippen molar-refractivity contribution in [3.8, 4) is 5.75 Å². The summed E-state index contributed by atoms with van der Waals surface area (Å²) in [7, 11) is 3.32. The predicted molar refractivity (Wildman–Crippen MR) is 86.9 cm³/mol. The van der Waals surface area contributed by atoms with Gasteiger partial charge < -0.3 is 9.64 Å². The average Bonchev–Trinajstić information content (AvgIpc) is 2.53. The lowest BCUT2D eigenvalue weighted by Crippen LogP contribution is -2.23. The molecule has 2 aromatic carbocycles. The second-order valence-electron chi connectivity index (χ2n) is 4.48. The average molecular weight is 301 g/mol. The Labute approximate surface area is 129 Å². The number of hydrogen-bond acceptors (Lipinski definition) is 2. The lowest BCUT2D eigenvalue weighted by molar-refractivity contribution is -0.113. The maximum absolute atomic E-state index is 12.2. The Kier molecular flexibility index (Phi) is 5.01. The third-order valence-corrected chi connectivity index (χ3v) is 3.31. The SMILES string of the molecule is CN(C(=O)/C=C/c1ccc(Cl)cc1)c1cccc(O[11CH3])c1. The highest BCUT2D eigenvalue weighted by atomic mass is 35.5. The topological polar surface area (TPSA) is 29.5 Å². The van der Waals surface area contributed by atoms with Gasteiger partial charge in [0.15, 0.2) is 0 Å². The third-order valence-electron chi connectivity index (χ3n) is 3.06. The Morgan fingerprint density at radius 2 is 1.90 bits per heavy atom. The highest BCUT2D eigenvalue weighted by Gasteiger charge is 2.08. The summed E-state index contributed by atoms with van der Waals surface area (Å²) in [5.41, 5.74) is 1.70. The monoisotopic (exact) mass is 300 g/mol. The molecule has 0 saturated carbocycles. The molecular formula is C17H16ClNO2. The Balaban J connectivity index is 2.10. The molecule has 0 radical (unpaired) electrons. The maximum Gasteiger partial charge on any atom is 0.250 e. The number of carbonyl (C=O) groups excluding carboxylic acids is 1. The lowest BCUT2D eigenvalue weighted by atomic mass is 10.2. The molecule has 0 spiro atoms. The summed E-state index contributed by atoms with van der Waals surface area (Å²) in [6.07, 6.45) is 3.29. The standard InChI is InChI=1S/C17H16ClNO2/c1-19(15-4-3-5-16(12-15)21-2)17(20)11-8-13-6-9-14(18)10-7-13/h3-12H,1-2H3/b11-8+/i2-1. The molecule has 0 bridgehead atoms. The minimum absolute atomic E-state index is 0.113. The van der Waals surface area contributed by atoms with Gasteiger partial charge in [0.2, 0.25) is 0 Å². The van der Waals surface area contributed by atoms with Crippen LogP contribution in [0.2, 0.25) is 5.02 Å². The first-order valence-electron chi connectivity index (χ1n) is 6.45. The molecule has 0 N–H and O–H groups in total. The van der Waals surface area contributed by atoms with Crippen LogP contribution in [0.15, 0.2) is 54.6 Å². The first kappa shape index (κ1) is 15.1. The Hall–Kier alpha value is -2.26. The van der Waals surface area contributed by atoms with Crippen molar-refractivity contribution in [1.29, 1.82) is 0 Å². The summed E-state index contributed by atoms with van der Waals surface area (Å²) in [5, 5.41) is 0.673. The summed E-state index contributed by atoms with van der Waals surface area (Å²) in [5.74, 6) is 0.604. The van der Waals surface area contributed by atoms with Gasteiger partial charge in [-0.3, -0.25) is 4.79 Å². The molecule has 1 amide bonds. The summed E-state index contributed by atoms with van der Waals surface area (Å²) in [4.78, 5) is 13.7. The van der Waals surface area contributed by atoms with E-state index in [0.717, 1.165) is 11.3 Å². The van der Waals surface area contributed by atoms with Gasteiger partial charge in [-0.15, -0.1) is 0 Å². The fourth-order valence-corrected chi connectivity index (χ4v) is 1.93. The van der Waals surface area contributed by atoms with Gasteiger partial charge in [0.05, 0.1) is 7.11 Å². The first-order valence-corrected chi connectivity index (χ1v) is 6.83. The van der Waals surface area contributed by atoms with Gasteiger partial charge in [0.25, 0.3) is 5.91 Å². The van der Waals surface area contributed by atoms with Crippen molar-refractivity contribution in [3.63, 3.8) is 0 Å². The van der Waals surface area contributed by atoms with Crippen molar-refractivity contribution in [2.45, 2.75) is 0 Å². The molecule has 3 nitrogen and oxygen atoms in total. The number of nitrogens with zero attached hydrogens (tertiary/aromatic N) is 1. The van der Waals surface area contributed by atoms with Gasteiger partial charge in [-0.2, -0.15) is 0 Å². The number of likely N-dealkylation sites (N-methyl/N-ethyl adjacent to an activating group) is 1. The molecule has 21 heavy (non-hydrogen) atoms. The van der Waals surface area contributed by atoms with Crippen molar-refractivity contribution >= 4 is 29.3 Å². The van der Waals surface area contributed by atoms with Crippen molar-refractivity contribution in [2.24, 2.45) is 0 Å². The molecule has 4 heteroatoms. The van der Waals surface area contributed by atoms with E-state index in [9.17, 15) is 4.79 Å². The van der Waals surface area contributed by atoms with Crippen LogP contribution >= 0.6 is 11.6 Å². The van der Waals surface area contributed by atoms with E-state index in [1.165, 1.54) is 6.08 Å². The predicted octanol–water partition coefficient (Wildman–Crippen LogP) is 4.02. The molecule has 0 aromatic heterocycles. The van der Waals surface area contributed by atoms with E-state index in [1.807, 2.05) is 36.4 Å². The van der Waals surface area contributed by atoms with E-state index in [2.05, 4.69) is 0 Å². The number of benzene rings is 2. The zero-order chi connectivity index (χ0) is 15.2. The molecular weight excluding hydrogens is 285 g/mol. The summed E-state index contributed by atoms with van der Waals surface area (Å²) in [6.45, 7) is 0. The van der Waals surface area contributed by atoms with Crippen LogP contribution in [0.25, 0.3) is 6.08 Å². The second kappa shape index (κ2) is 6.95. The first-order chi connectivity index (χ1) is 10.1. The van der Waals surface area contributed by atoms with Gasteiger partial charge >= 0.3 is 0 Å². The van der Waals surface area contributed by atoms with Crippen LogP contribution < -0.4 is 9.64 Å². The molecule has 0 unspecified atom stereocenters. The van der Waals surface area contributed by atoms with Gasteiger partial charge in [-0.05, 0) is 35.9 Å². The fourth-order valence-electron chi connectivity index (χ4n) is 1.80. The van der Waals surface area contributed by atoms with E-state index < -0.39 is 0 Å². The Bertz CT molecular complexity index is 650. The Morgan fingerprint density at radius 1 is 1.19 bits per heavy atom. The molecule has 0 fully saturated rings. The molecule has 0 aliphatic rings. The minimum atomic E-state index is -0.113. The Morgan fingerprint density at radius 3 is 2.57 bits per heavy atom. The summed E-state index contributed by atoms with van der Waals surface area (Å²) < 4.78 is 5.16. The molecule has 0 aliphatic heterocycles. The number of ether oxygens (including phenoxy) is 1. The van der Waals surface area contributed by atoms with Crippen LogP contribution in [-0.2, 0) is 4.79 Å². The molecule has 0 atom stereocenters. The third kappa shape index (κ3) is 4.10. The quantitative estimate of drug-likeness (QED) is 0.798. The van der Waals surface area contributed by atoms with Crippen molar-refractivity contribution in [1.82, 2.24) is 0 Å². The molecule has 0 aliphatic carbocycles. The second-order valence-corrected chi connectivity index (χ2v) is 4.92. The van der Waals surface area contributed by atoms with E-state index >= 15 is 0 Å². The van der Waals surface area contributed by atoms with Crippen LogP contribution in [0.3, 0.4) is 0 Å². The highest BCUT2D eigenvalue weighted by molar-refractivity contribution is 6.30. The van der Waals surface area contributed by atoms with Crippen molar-refractivity contribution in [3.05, 3.63) is 65.2 Å². The fraction of sp³-hybridized carbons (Fsp3) is 0.118. The smallest absolute Gasteiger partial charge is 0.250 e. The molecule has 108 valence electrons. The number of methoxy groups -OCH3 is 1. The maximum atomic E-state index is 12.2. The van der Waals surface area contributed by atoms with Gasteiger partial charge in [-0.25, -0.2) is 0 Å². The van der Waals surface area contributed by atoms with Crippen LogP contribution in [0.4, 0.5) is 5.69 Å². The van der Waals surface area contributed by atoms with Gasteiger partial charge in [-0.1, -0.05) is 29.8 Å². The van der Waals surface area contributed by atoms with Crippen LogP contribution in [-0.4, -0.2) is 20.1 Å². The zero-order valence-electron chi connectivity index (χ0n) is 11.9. The van der Waals surface area contributed by atoms with E-state index in [1.54, 1.807) is 37.3 Å². The van der Waals surface area contributed by atoms with Crippen LogP contribution in [0, 0.1) is 0 Å². The van der Waals surface area contributed by atoms with Crippen molar-refractivity contribution in [2.75, 3.05) is 19.1 Å². The highest BCUT2D eigenvalue weighted by Crippen LogP contribution is 2.20. The zero-order valence-corrected chi connectivity index (χ0v) is 12.7. The molecule has 0 saturated heterocycles. The largest absolute Gasteiger partial charge is 0.497 e. The van der Waals surface area contributed by atoms with Crippen molar-refractivity contribution < 1.29 is 9.53 Å².